The number of rotatable bonds is 4. The normalized spacial score (nSPS) is 29.3. The van der Waals surface area contributed by atoms with Crippen LogP contribution in [0, 0.1) is 0 Å². The van der Waals surface area contributed by atoms with Gasteiger partial charge in [-0.2, -0.15) is 11.3 Å². The summed E-state index contributed by atoms with van der Waals surface area (Å²) in [7, 11) is 0. The molecule has 1 aromatic heterocycles. The second kappa shape index (κ2) is 6.38. The minimum absolute atomic E-state index is 0.785. The molecule has 3 heterocycles. The topological polar surface area (TPSA) is 6.48 Å². The molecule has 0 radical (unpaired) electrons. The molecule has 3 rings (SSSR count). The molecule has 0 N–H and O–H groups in total. The molecule has 19 heavy (non-hydrogen) atoms. The van der Waals surface area contributed by atoms with Crippen LogP contribution in [0.5, 0.6) is 0 Å². The van der Waals surface area contributed by atoms with E-state index in [1.165, 1.54) is 63.8 Å². The van der Waals surface area contributed by atoms with Crippen molar-refractivity contribution in [3.63, 3.8) is 0 Å². The third kappa shape index (κ3) is 3.21. The van der Waals surface area contributed by atoms with Crippen LogP contribution in [0.4, 0.5) is 0 Å². The SMILES string of the molecule is CCC1CN2CCCCC2CN1CCc1ccsc1. The molecule has 2 aliphatic heterocycles. The van der Waals surface area contributed by atoms with Crippen LogP contribution in [-0.4, -0.2) is 48.1 Å². The number of hydrogen-bond acceptors (Lipinski definition) is 3. The van der Waals surface area contributed by atoms with Crippen molar-refractivity contribution in [1.29, 1.82) is 0 Å². The van der Waals surface area contributed by atoms with Gasteiger partial charge in [0.15, 0.2) is 0 Å². The molecule has 0 bridgehead atoms. The van der Waals surface area contributed by atoms with Gasteiger partial charge < -0.3 is 0 Å². The fourth-order valence-electron chi connectivity index (χ4n) is 3.68. The van der Waals surface area contributed by atoms with Gasteiger partial charge in [0.2, 0.25) is 0 Å². The Morgan fingerprint density at radius 1 is 1.32 bits per heavy atom. The van der Waals surface area contributed by atoms with Gasteiger partial charge in [-0.3, -0.25) is 9.80 Å². The van der Waals surface area contributed by atoms with E-state index in [1.54, 1.807) is 0 Å². The molecule has 0 aromatic carbocycles. The minimum Gasteiger partial charge on any atom is -0.298 e. The van der Waals surface area contributed by atoms with E-state index in [4.69, 9.17) is 0 Å². The highest BCUT2D eigenvalue weighted by molar-refractivity contribution is 7.07. The monoisotopic (exact) mass is 278 g/mol. The van der Waals surface area contributed by atoms with E-state index in [0.29, 0.717) is 0 Å². The third-order valence-corrected chi connectivity index (χ3v) is 5.63. The Morgan fingerprint density at radius 2 is 2.26 bits per heavy atom. The van der Waals surface area contributed by atoms with E-state index < -0.39 is 0 Å². The Hall–Kier alpha value is -0.380. The molecule has 1 aromatic rings. The number of piperidine rings is 1. The Labute approximate surface area is 121 Å². The predicted molar refractivity (Wildman–Crippen MR) is 82.9 cm³/mol. The highest BCUT2D eigenvalue weighted by atomic mass is 32.1. The van der Waals surface area contributed by atoms with Crippen LogP contribution in [0.25, 0.3) is 0 Å². The van der Waals surface area contributed by atoms with Crippen LogP contribution < -0.4 is 0 Å². The summed E-state index contributed by atoms with van der Waals surface area (Å²) in [4.78, 5) is 5.53. The summed E-state index contributed by atoms with van der Waals surface area (Å²) >= 11 is 1.82. The van der Waals surface area contributed by atoms with Crippen LogP contribution >= 0.6 is 11.3 Å². The Morgan fingerprint density at radius 3 is 3.05 bits per heavy atom. The van der Waals surface area contributed by atoms with Crippen molar-refractivity contribution in [2.75, 3.05) is 26.2 Å². The fourth-order valence-corrected chi connectivity index (χ4v) is 4.38. The Kier molecular flexibility index (Phi) is 4.57. The first-order valence-corrected chi connectivity index (χ1v) is 8.80. The summed E-state index contributed by atoms with van der Waals surface area (Å²) in [6.45, 7) is 7.57. The smallest absolute Gasteiger partial charge is 0.0223 e. The van der Waals surface area contributed by atoms with Crippen molar-refractivity contribution in [1.82, 2.24) is 9.80 Å². The Balaban J connectivity index is 1.59. The van der Waals surface area contributed by atoms with Crippen molar-refractivity contribution >= 4 is 11.3 Å². The first kappa shape index (κ1) is 13.6. The highest BCUT2D eigenvalue weighted by Crippen LogP contribution is 2.25. The van der Waals surface area contributed by atoms with Crippen molar-refractivity contribution in [3.8, 4) is 0 Å². The maximum absolute atomic E-state index is 2.77. The molecule has 2 saturated heterocycles. The van der Waals surface area contributed by atoms with Gasteiger partial charge in [-0.1, -0.05) is 13.3 Å². The molecule has 2 aliphatic rings. The van der Waals surface area contributed by atoms with Gasteiger partial charge in [0.05, 0.1) is 0 Å². The number of piperazine rings is 1. The van der Waals surface area contributed by atoms with Gasteiger partial charge in [0.1, 0.15) is 0 Å². The van der Waals surface area contributed by atoms with Gasteiger partial charge in [0, 0.05) is 31.7 Å². The van der Waals surface area contributed by atoms with Crippen molar-refractivity contribution < 1.29 is 0 Å². The molecule has 2 atom stereocenters. The summed E-state index contributed by atoms with van der Waals surface area (Å²) in [6, 6.07) is 3.91. The van der Waals surface area contributed by atoms with E-state index >= 15 is 0 Å². The van der Waals surface area contributed by atoms with E-state index in [0.717, 1.165) is 12.1 Å². The van der Waals surface area contributed by atoms with E-state index in [9.17, 15) is 0 Å². The molecular formula is C16H26N2S. The van der Waals surface area contributed by atoms with E-state index in [1.807, 2.05) is 11.3 Å². The van der Waals surface area contributed by atoms with Crippen molar-refractivity contribution in [2.24, 2.45) is 0 Å². The lowest BCUT2D eigenvalue weighted by Gasteiger charge is -2.48. The maximum Gasteiger partial charge on any atom is 0.0223 e. The summed E-state index contributed by atoms with van der Waals surface area (Å²) in [5.41, 5.74) is 1.52. The zero-order valence-corrected chi connectivity index (χ0v) is 12.9. The summed E-state index contributed by atoms with van der Waals surface area (Å²) in [5.74, 6) is 0. The molecule has 3 heteroatoms. The summed E-state index contributed by atoms with van der Waals surface area (Å²) in [5, 5.41) is 4.50. The minimum atomic E-state index is 0.785. The number of hydrogen-bond donors (Lipinski definition) is 0. The van der Waals surface area contributed by atoms with Gasteiger partial charge in [0.25, 0.3) is 0 Å². The lowest BCUT2D eigenvalue weighted by atomic mass is 9.95. The van der Waals surface area contributed by atoms with Crippen LogP contribution in [0.15, 0.2) is 16.8 Å². The lowest BCUT2D eigenvalue weighted by Crippen LogP contribution is -2.59. The van der Waals surface area contributed by atoms with Gasteiger partial charge in [-0.15, -0.1) is 0 Å². The van der Waals surface area contributed by atoms with Crippen LogP contribution in [0.3, 0.4) is 0 Å². The molecule has 2 fully saturated rings. The van der Waals surface area contributed by atoms with E-state index in [-0.39, 0.29) is 0 Å². The second-order valence-corrected chi connectivity index (χ2v) is 6.86. The third-order valence-electron chi connectivity index (χ3n) is 4.90. The zero-order valence-electron chi connectivity index (χ0n) is 12.1. The van der Waals surface area contributed by atoms with Gasteiger partial charge in [-0.05, 0) is 54.6 Å². The number of nitrogens with zero attached hydrogens (tertiary/aromatic N) is 2. The van der Waals surface area contributed by atoms with E-state index in [2.05, 4.69) is 33.6 Å². The molecule has 2 nitrogen and oxygen atoms in total. The molecule has 0 amide bonds. The maximum atomic E-state index is 2.77. The molecule has 0 saturated carbocycles. The molecule has 2 unspecified atom stereocenters. The highest BCUT2D eigenvalue weighted by Gasteiger charge is 2.33. The standard InChI is InChI=1S/C16H26N2S/c1-2-15-11-17-8-4-3-5-16(17)12-18(15)9-6-14-7-10-19-13-14/h7,10,13,15-16H,2-6,8-9,11-12H2,1H3. The van der Waals surface area contributed by atoms with Crippen molar-refractivity contribution in [3.05, 3.63) is 22.4 Å². The largest absolute Gasteiger partial charge is 0.298 e. The first-order valence-electron chi connectivity index (χ1n) is 7.86. The molecule has 0 spiro atoms. The van der Waals surface area contributed by atoms with Crippen molar-refractivity contribution in [2.45, 2.75) is 51.1 Å². The zero-order chi connectivity index (χ0) is 13.1. The average Bonchev–Trinajstić information content (AvgIpc) is 2.97. The Bertz CT molecular complexity index is 376. The molecule has 106 valence electrons. The number of thiophene rings is 1. The second-order valence-electron chi connectivity index (χ2n) is 6.08. The first-order chi connectivity index (χ1) is 9.36. The van der Waals surface area contributed by atoms with Crippen LogP contribution in [0.1, 0.15) is 38.2 Å². The average molecular weight is 278 g/mol. The van der Waals surface area contributed by atoms with Crippen LogP contribution in [0.2, 0.25) is 0 Å². The fraction of sp³-hybridized carbons (Fsp3) is 0.750. The molecular weight excluding hydrogens is 252 g/mol. The molecule has 0 aliphatic carbocycles. The van der Waals surface area contributed by atoms with Gasteiger partial charge in [-0.25, -0.2) is 0 Å². The summed E-state index contributed by atoms with van der Waals surface area (Å²) in [6.07, 6.45) is 6.81. The lowest BCUT2D eigenvalue weighted by molar-refractivity contribution is 0.00828. The number of fused-ring (bicyclic) bond motifs is 1. The summed E-state index contributed by atoms with van der Waals surface area (Å²) < 4.78 is 0. The quantitative estimate of drug-likeness (QED) is 0.834. The van der Waals surface area contributed by atoms with Gasteiger partial charge >= 0.3 is 0 Å². The predicted octanol–water partition coefficient (Wildman–Crippen LogP) is 3.24. The van der Waals surface area contributed by atoms with Crippen LogP contribution in [-0.2, 0) is 6.42 Å².